The fourth-order valence-electron chi connectivity index (χ4n) is 2.31. The minimum Gasteiger partial charge on any atom is -0.491 e. The van der Waals surface area contributed by atoms with Crippen molar-refractivity contribution in [2.24, 2.45) is 0 Å². The van der Waals surface area contributed by atoms with Gasteiger partial charge in [0.25, 0.3) is 5.91 Å². The molecule has 0 radical (unpaired) electrons. The van der Waals surface area contributed by atoms with Gasteiger partial charge in [-0.15, -0.1) is 0 Å². The maximum Gasteiger partial charge on any atom is 0.275 e. The third-order valence-electron chi connectivity index (χ3n) is 3.26. The molecule has 1 atom stereocenters. The van der Waals surface area contributed by atoms with E-state index in [0.29, 0.717) is 24.6 Å². The van der Waals surface area contributed by atoms with Crippen molar-refractivity contribution in [1.29, 1.82) is 0 Å². The first-order valence-electron chi connectivity index (χ1n) is 6.22. The smallest absolute Gasteiger partial charge is 0.275 e. The average Bonchev–Trinajstić information content (AvgIpc) is 2.94. The zero-order valence-electron chi connectivity index (χ0n) is 10.6. The molecule has 0 bridgehead atoms. The number of hydrogen-bond donors (Lipinski definition) is 1. The number of para-hydroxylation sites is 1. The Morgan fingerprint density at radius 3 is 3.10 bits per heavy atom. The molecule has 2 aromatic rings. The highest BCUT2D eigenvalue weighted by Gasteiger charge is 2.31. The van der Waals surface area contributed by atoms with Gasteiger partial charge in [-0.3, -0.25) is 4.79 Å². The van der Waals surface area contributed by atoms with E-state index in [2.05, 4.69) is 8.75 Å². The van der Waals surface area contributed by atoms with Gasteiger partial charge in [0.05, 0.1) is 37.1 Å². The molecule has 1 aliphatic rings. The van der Waals surface area contributed by atoms with Crippen LogP contribution in [0.4, 0.5) is 0 Å². The highest BCUT2D eigenvalue weighted by molar-refractivity contribution is 6.99. The minimum atomic E-state index is -0.428. The van der Waals surface area contributed by atoms with Crippen molar-refractivity contribution in [2.75, 3.05) is 19.8 Å². The van der Waals surface area contributed by atoms with Crippen LogP contribution in [0.3, 0.4) is 0 Å². The Morgan fingerprint density at radius 1 is 1.50 bits per heavy atom. The molecule has 104 valence electrons. The molecule has 7 heteroatoms. The van der Waals surface area contributed by atoms with Gasteiger partial charge >= 0.3 is 0 Å². The fourth-order valence-corrected chi connectivity index (χ4v) is 2.72. The fraction of sp³-hybridized carbons (Fsp3) is 0.308. The van der Waals surface area contributed by atoms with Crippen molar-refractivity contribution in [3.63, 3.8) is 0 Å². The van der Waals surface area contributed by atoms with Crippen LogP contribution in [0.25, 0.3) is 0 Å². The lowest BCUT2D eigenvalue weighted by Crippen LogP contribution is -2.38. The maximum atomic E-state index is 12.5. The van der Waals surface area contributed by atoms with Gasteiger partial charge in [-0.1, -0.05) is 18.2 Å². The lowest BCUT2D eigenvalue weighted by Gasteiger charge is -2.27. The number of aliphatic hydroxyl groups is 1. The van der Waals surface area contributed by atoms with Crippen LogP contribution < -0.4 is 4.74 Å². The number of carbonyl (C=O) groups is 1. The van der Waals surface area contributed by atoms with Crippen LogP contribution in [0, 0.1) is 0 Å². The van der Waals surface area contributed by atoms with Crippen molar-refractivity contribution in [1.82, 2.24) is 13.6 Å². The van der Waals surface area contributed by atoms with E-state index in [9.17, 15) is 9.90 Å². The molecule has 0 saturated carbocycles. The highest BCUT2D eigenvalue weighted by atomic mass is 32.1. The Balaban J connectivity index is 1.97. The number of ether oxygens (including phenoxy) is 1. The first-order chi connectivity index (χ1) is 9.81. The molecule has 1 N–H and O–H groups in total. The van der Waals surface area contributed by atoms with Gasteiger partial charge in [-0.05, 0) is 6.07 Å². The molecule has 0 saturated heterocycles. The second kappa shape index (κ2) is 5.56. The number of hydrogen-bond acceptors (Lipinski definition) is 6. The molecule has 2 heterocycles. The summed E-state index contributed by atoms with van der Waals surface area (Å²) in [5.74, 6) is 0.469. The van der Waals surface area contributed by atoms with E-state index >= 15 is 0 Å². The number of aliphatic hydroxyl groups excluding tert-OH is 1. The summed E-state index contributed by atoms with van der Waals surface area (Å²) in [5, 5.41) is 9.70. The van der Waals surface area contributed by atoms with E-state index in [-0.39, 0.29) is 12.5 Å². The standard InChI is InChI=1S/C13H13N3O3S/c17-8-11-9-3-1-2-4-12(9)19-6-5-16(11)13(18)10-7-14-20-15-10/h1-4,7,11,17H,5-6,8H2. The molecule has 1 unspecified atom stereocenters. The Hall–Kier alpha value is -1.99. The molecular weight excluding hydrogens is 278 g/mol. The largest absolute Gasteiger partial charge is 0.491 e. The van der Waals surface area contributed by atoms with Crippen LogP contribution in [0.1, 0.15) is 22.1 Å². The number of rotatable bonds is 2. The van der Waals surface area contributed by atoms with Crippen LogP contribution >= 0.6 is 11.7 Å². The normalized spacial score (nSPS) is 18.1. The van der Waals surface area contributed by atoms with Gasteiger partial charge in [0.2, 0.25) is 0 Å². The predicted octanol–water partition coefficient (Wildman–Crippen LogP) is 1.11. The highest BCUT2D eigenvalue weighted by Crippen LogP contribution is 2.32. The molecule has 1 amide bonds. The molecule has 20 heavy (non-hydrogen) atoms. The van der Waals surface area contributed by atoms with E-state index < -0.39 is 6.04 Å². The third-order valence-corrected chi connectivity index (χ3v) is 3.74. The van der Waals surface area contributed by atoms with Crippen molar-refractivity contribution in [3.05, 3.63) is 41.7 Å². The van der Waals surface area contributed by atoms with Gasteiger partial charge < -0.3 is 14.7 Å². The molecule has 1 aromatic heterocycles. The Kier molecular flexibility index (Phi) is 3.62. The lowest BCUT2D eigenvalue weighted by molar-refractivity contribution is 0.0580. The number of amides is 1. The quantitative estimate of drug-likeness (QED) is 0.897. The van der Waals surface area contributed by atoms with Crippen LogP contribution in [0.5, 0.6) is 5.75 Å². The van der Waals surface area contributed by atoms with E-state index in [1.54, 1.807) is 4.90 Å². The second-order valence-electron chi connectivity index (χ2n) is 4.38. The van der Waals surface area contributed by atoms with Crippen LogP contribution in [-0.2, 0) is 0 Å². The summed E-state index contributed by atoms with van der Waals surface area (Å²) in [6.07, 6.45) is 1.44. The number of nitrogens with zero attached hydrogens (tertiary/aromatic N) is 3. The zero-order chi connectivity index (χ0) is 13.9. The second-order valence-corrected chi connectivity index (χ2v) is 4.93. The summed E-state index contributed by atoms with van der Waals surface area (Å²) in [5.41, 5.74) is 1.11. The van der Waals surface area contributed by atoms with Gasteiger partial charge in [0.1, 0.15) is 12.4 Å². The summed E-state index contributed by atoms with van der Waals surface area (Å²) >= 11 is 0.990. The summed E-state index contributed by atoms with van der Waals surface area (Å²) in [4.78, 5) is 14.0. The topological polar surface area (TPSA) is 75.6 Å². The Bertz CT molecular complexity index is 603. The third kappa shape index (κ3) is 2.25. The van der Waals surface area contributed by atoms with E-state index in [1.807, 2.05) is 24.3 Å². The molecule has 3 rings (SSSR count). The summed E-state index contributed by atoms with van der Waals surface area (Å²) in [7, 11) is 0. The maximum absolute atomic E-state index is 12.5. The van der Waals surface area contributed by atoms with Crippen molar-refractivity contribution < 1.29 is 14.6 Å². The van der Waals surface area contributed by atoms with Crippen LogP contribution in [-0.4, -0.2) is 44.4 Å². The molecule has 0 fully saturated rings. The molecule has 1 aromatic carbocycles. The van der Waals surface area contributed by atoms with Crippen LogP contribution in [0.2, 0.25) is 0 Å². The minimum absolute atomic E-state index is 0.163. The van der Waals surface area contributed by atoms with Crippen molar-refractivity contribution >= 4 is 17.6 Å². The Labute approximate surface area is 119 Å². The van der Waals surface area contributed by atoms with Gasteiger partial charge in [-0.25, -0.2) is 0 Å². The van der Waals surface area contributed by atoms with Crippen LogP contribution in [0.15, 0.2) is 30.5 Å². The molecule has 0 aliphatic carbocycles. The number of fused-ring (bicyclic) bond motifs is 1. The molecular formula is C13H13N3O3S. The van der Waals surface area contributed by atoms with Gasteiger partial charge in [0, 0.05) is 5.56 Å². The van der Waals surface area contributed by atoms with Crippen molar-refractivity contribution in [2.45, 2.75) is 6.04 Å². The van der Waals surface area contributed by atoms with E-state index in [4.69, 9.17) is 4.74 Å². The number of benzene rings is 1. The van der Waals surface area contributed by atoms with E-state index in [0.717, 1.165) is 17.3 Å². The SMILES string of the molecule is O=C(c1cnsn1)N1CCOc2ccccc2C1CO. The lowest BCUT2D eigenvalue weighted by atomic mass is 10.0. The molecule has 1 aliphatic heterocycles. The Morgan fingerprint density at radius 2 is 2.35 bits per heavy atom. The molecule has 6 nitrogen and oxygen atoms in total. The zero-order valence-corrected chi connectivity index (χ0v) is 11.4. The monoisotopic (exact) mass is 291 g/mol. The predicted molar refractivity (Wildman–Crippen MR) is 72.7 cm³/mol. The van der Waals surface area contributed by atoms with Crippen molar-refractivity contribution in [3.8, 4) is 5.75 Å². The average molecular weight is 291 g/mol. The molecule has 0 spiro atoms. The summed E-state index contributed by atoms with van der Waals surface area (Å²) < 4.78 is 13.4. The van der Waals surface area contributed by atoms with E-state index in [1.165, 1.54) is 6.20 Å². The number of carbonyl (C=O) groups excluding carboxylic acids is 1. The van der Waals surface area contributed by atoms with Gasteiger partial charge in [0.15, 0.2) is 5.69 Å². The number of aromatic nitrogens is 2. The summed E-state index contributed by atoms with van der Waals surface area (Å²) in [6.45, 7) is 0.622. The summed E-state index contributed by atoms with van der Waals surface area (Å²) in [6, 6.07) is 7.01. The first-order valence-corrected chi connectivity index (χ1v) is 6.95. The first kappa shape index (κ1) is 13.0. The van der Waals surface area contributed by atoms with Gasteiger partial charge in [-0.2, -0.15) is 8.75 Å².